The molecule has 0 bridgehead atoms. The molecule has 0 amide bonds. The topological polar surface area (TPSA) is 117 Å². The Kier molecular flexibility index (Phi) is 9.27. The molecular weight excluding hydrogens is 491 g/mol. The van der Waals surface area contributed by atoms with Crippen molar-refractivity contribution in [3.8, 4) is 6.07 Å². The molecule has 0 aliphatic heterocycles. The van der Waals surface area contributed by atoms with Gasteiger partial charge in [-0.05, 0) is 37.8 Å². The van der Waals surface area contributed by atoms with E-state index >= 15 is 0 Å². The Bertz CT molecular complexity index is 1390. The zero-order valence-corrected chi connectivity index (χ0v) is 21.1. The largest absolute Gasteiger partial charge is 1.00 e. The normalized spacial score (nSPS) is 14.1. The van der Waals surface area contributed by atoms with E-state index < -0.39 is 17.6 Å². The Labute approximate surface area is 224 Å². The van der Waals surface area contributed by atoms with Gasteiger partial charge in [-0.2, -0.15) is 5.26 Å². The van der Waals surface area contributed by atoms with E-state index in [1.54, 1.807) is 17.4 Å². The van der Waals surface area contributed by atoms with Crippen LogP contribution in [0.15, 0.2) is 24.3 Å². The molecule has 2 fully saturated rings. The first-order valence-electron chi connectivity index (χ1n) is 9.76. The fourth-order valence-corrected chi connectivity index (χ4v) is 5.51. The molecule has 11 heteroatoms. The van der Waals surface area contributed by atoms with Gasteiger partial charge in [0.25, 0.3) is 0 Å². The second kappa shape index (κ2) is 11.2. The number of rotatable bonds is 3. The standard InChI is InChI=1S/C11H7FN2S.C11H8FNO2S.CH4.Na.H2O/c12-8-4-9-10(3-7(8)5-13)15-11(14-9)6-1-2-6;12-7-4-8-9(3-6(7)11(14)15)16-10(13-8)5-1-2-5;;;/h3-4,6H,1-2H2;3-5H,1-2H2,(H,14,15);1H4;;1H2/q;;;+1;/p-1. The number of nitriles is 1. The van der Waals surface area contributed by atoms with Gasteiger partial charge in [0.2, 0.25) is 0 Å². The third kappa shape index (κ3) is 5.79. The summed E-state index contributed by atoms with van der Waals surface area (Å²) in [6.07, 6.45) is 4.64. The quantitative estimate of drug-likeness (QED) is 0.420. The van der Waals surface area contributed by atoms with Gasteiger partial charge in [0.15, 0.2) is 0 Å². The summed E-state index contributed by atoms with van der Waals surface area (Å²) in [6, 6.07) is 7.38. The predicted octanol–water partition coefficient (Wildman–Crippen LogP) is 3.66. The fourth-order valence-electron chi connectivity index (χ4n) is 3.19. The number of fused-ring (bicyclic) bond motifs is 2. The van der Waals surface area contributed by atoms with Crippen LogP contribution < -0.4 is 29.6 Å². The molecule has 0 atom stereocenters. The van der Waals surface area contributed by atoms with Crippen molar-refractivity contribution in [1.82, 2.24) is 9.97 Å². The third-order valence-electron chi connectivity index (χ3n) is 5.19. The van der Waals surface area contributed by atoms with Gasteiger partial charge in [-0.1, -0.05) is 7.43 Å². The van der Waals surface area contributed by atoms with Crippen LogP contribution in [-0.2, 0) is 0 Å². The summed E-state index contributed by atoms with van der Waals surface area (Å²) < 4.78 is 28.3. The zero-order chi connectivity index (χ0) is 21.7. The van der Waals surface area contributed by atoms with Crippen molar-refractivity contribution in [1.29, 1.82) is 5.26 Å². The second-order valence-electron chi connectivity index (χ2n) is 7.67. The summed E-state index contributed by atoms with van der Waals surface area (Å²) >= 11 is 3.04. The minimum absolute atomic E-state index is 0. The average Bonchev–Trinajstić information content (AvgIpc) is 3.67. The smallest absolute Gasteiger partial charge is 0.870 e. The number of hydrogen-bond donors (Lipinski definition) is 1. The van der Waals surface area contributed by atoms with Gasteiger partial charge in [0.05, 0.1) is 41.6 Å². The SMILES string of the molecule is C.N#Cc1cc2sc(C3CC3)nc2cc1F.O=C(O)c1cc2sc(C3CC3)nc2cc1F.[Na+].[OH-]. The summed E-state index contributed by atoms with van der Waals surface area (Å²) in [6.45, 7) is 0. The molecule has 0 saturated heterocycles. The molecule has 4 aromatic rings. The number of aromatic carboxylic acids is 1. The molecule has 2 aromatic heterocycles. The zero-order valence-electron chi connectivity index (χ0n) is 17.5. The summed E-state index contributed by atoms with van der Waals surface area (Å²) in [5, 5.41) is 19.6. The van der Waals surface area contributed by atoms with Gasteiger partial charge in [0, 0.05) is 24.0 Å². The van der Waals surface area contributed by atoms with Crippen LogP contribution in [0.3, 0.4) is 0 Å². The molecule has 2 aliphatic carbocycles. The van der Waals surface area contributed by atoms with Crippen LogP contribution in [0.4, 0.5) is 8.78 Å². The van der Waals surface area contributed by atoms with Crippen molar-refractivity contribution in [2.75, 3.05) is 0 Å². The van der Waals surface area contributed by atoms with E-state index in [1.165, 1.54) is 42.4 Å². The number of carbonyl (C=O) groups is 1. The molecule has 6 nitrogen and oxygen atoms in total. The fraction of sp³-hybridized carbons (Fsp3) is 0.304. The third-order valence-corrected chi connectivity index (χ3v) is 7.55. The maximum absolute atomic E-state index is 13.4. The number of nitrogens with zero attached hydrogens (tertiary/aromatic N) is 3. The van der Waals surface area contributed by atoms with E-state index in [2.05, 4.69) is 9.97 Å². The van der Waals surface area contributed by atoms with Crippen LogP contribution >= 0.6 is 22.7 Å². The summed E-state index contributed by atoms with van der Waals surface area (Å²) in [7, 11) is 0. The van der Waals surface area contributed by atoms with Crippen molar-refractivity contribution in [3.63, 3.8) is 0 Å². The van der Waals surface area contributed by atoms with E-state index in [9.17, 15) is 13.6 Å². The number of aromatic nitrogens is 2. The first kappa shape index (κ1) is 28.2. The van der Waals surface area contributed by atoms with E-state index in [0.29, 0.717) is 22.9 Å². The Morgan fingerprint density at radius 1 is 0.941 bits per heavy atom. The van der Waals surface area contributed by atoms with Crippen molar-refractivity contribution in [2.45, 2.75) is 44.9 Å². The van der Waals surface area contributed by atoms with Crippen molar-refractivity contribution in [3.05, 3.63) is 57.0 Å². The van der Waals surface area contributed by atoms with Gasteiger partial charge in [-0.15, -0.1) is 22.7 Å². The number of halogens is 2. The molecule has 2 saturated carbocycles. The van der Waals surface area contributed by atoms with Gasteiger partial charge in [-0.3, -0.25) is 0 Å². The first-order valence-corrected chi connectivity index (χ1v) is 11.4. The van der Waals surface area contributed by atoms with Crippen LogP contribution in [-0.4, -0.2) is 26.5 Å². The maximum Gasteiger partial charge on any atom is 1.00 e. The Hall–Kier alpha value is -2.00. The van der Waals surface area contributed by atoms with Gasteiger partial charge >= 0.3 is 35.5 Å². The Morgan fingerprint density at radius 2 is 1.41 bits per heavy atom. The van der Waals surface area contributed by atoms with Crippen LogP contribution in [0.5, 0.6) is 0 Å². The number of benzene rings is 2. The number of carboxylic acid groups (broad SMARTS) is 1. The van der Waals surface area contributed by atoms with Gasteiger partial charge < -0.3 is 10.6 Å². The van der Waals surface area contributed by atoms with Crippen molar-refractivity contribution >= 4 is 49.1 Å². The molecule has 0 spiro atoms. The molecule has 2 aliphatic rings. The molecule has 2 aromatic carbocycles. The van der Waals surface area contributed by atoms with Crippen LogP contribution in [0.1, 0.15) is 70.9 Å². The number of thiazole rings is 2. The minimum Gasteiger partial charge on any atom is -0.870 e. The molecule has 6 rings (SSSR count). The first-order chi connectivity index (χ1) is 14.9. The van der Waals surface area contributed by atoms with E-state index in [1.807, 2.05) is 6.07 Å². The average molecular weight is 512 g/mol. The summed E-state index contributed by atoms with van der Waals surface area (Å²) in [5.41, 5.74) is 1.07. The van der Waals surface area contributed by atoms with E-state index in [0.717, 1.165) is 32.3 Å². The van der Waals surface area contributed by atoms with Gasteiger partial charge in [-0.25, -0.2) is 23.5 Å². The molecule has 0 radical (unpaired) electrons. The molecular formula is C23H20F2N3NaO3S2. The Balaban J connectivity index is 0.000000221. The molecule has 34 heavy (non-hydrogen) atoms. The van der Waals surface area contributed by atoms with E-state index in [-0.39, 0.29) is 53.6 Å². The maximum atomic E-state index is 13.4. The second-order valence-corrected chi connectivity index (χ2v) is 9.79. The van der Waals surface area contributed by atoms with Crippen LogP contribution in [0.2, 0.25) is 0 Å². The Morgan fingerprint density at radius 3 is 1.85 bits per heavy atom. The van der Waals surface area contributed by atoms with Crippen LogP contribution in [0, 0.1) is 23.0 Å². The summed E-state index contributed by atoms with van der Waals surface area (Å²) in [5.74, 6) is -1.34. The summed E-state index contributed by atoms with van der Waals surface area (Å²) in [4.78, 5) is 19.5. The molecule has 2 N–H and O–H groups in total. The molecule has 0 unspecified atom stereocenters. The number of carboxylic acids is 1. The van der Waals surface area contributed by atoms with Crippen molar-refractivity contribution < 1.29 is 53.7 Å². The minimum atomic E-state index is -1.24. The molecule has 2 heterocycles. The van der Waals surface area contributed by atoms with E-state index in [4.69, 9.17) is 10.4 Å². The molecule has 172 valence electrons. The van der Waals surface area contributed by atoms with Crippen LogP contribution in [0.25, 0.3) is 20.4 Å². The number of hydrogen-bond acceptors (Lipinski definition) is 7. The predicted molar refractivity (Wildman–Crippen MR) is 123 cm³/mol. The van der Waals surface area contributed by atoms with Crippen molar-refractivity contribution in [2.24, 2.45) is 0 Å². The van der Waals surface area contributed by atoms with Gasteiger partial charge in [0.1, 0.15) is 17.7 Å². The monoisotopic (exact) mass is 511 g/mol.